The molecule has 47 heavy (non-hydrogen) atoms. The lowest BCUT2D eigenvalue weighted by atomic mass is 10.1. The second-order valence-electron chi connectivity index (χ2n) is 12.0. The summed E-state index contributed by atoms with van der Waals surface area (Å²) < 4.78 is 78.1. The van der Waals surface area contributed by atoms with E-state index in [0.717, 1.165) is 4.57 Å². The van der Waals surface area contributed by atoms with Crippen molar-refractivity contribution in [3.8, 4) is 0 Å². The summed E-state index contributed by atoms with van der Waals surface area (Å²) in [4.78, 5) is 34.1. The number of rotatable bonds is 7. The quantitative estimate of drug-likeness (QED) is 0.366. The van der Waals surface area contributed by atoms with Gasteiger partial charge in [0, 0.05) is 36.0 Å². The van der Waals surface area contributed by atoms with Crippen molar-refractivity contribution >= 4 is 55.9 Å². The Morgan fingerprint density at radius 1 is 1.17 bits per heavy atom. The van der Waals surface area contributed by atoms with E-state index in [-0.39, 0.29) is 27.6 Å². The number of hydrogen-bond acceptors (Lipinski definition) is 10. The molecule has 0 bridgehead atoms. The van der Waals surface area contributed by atoms with Gasteiger partial charge in [0.2, 0.25) is 0 Å². The fourth-order valence-corrected chi connectivity index (χ4v) is 6.34. The minimum Gasteiger partial charge on any atom is -0.443 e. The molecule has 1 atom stereocenters. The van der Waals surface area contributed by atoms with E-state index < -0.39 is 57.2 Å². The number of benzene rings is 2. The van der Waals surface area contributed by atoms with Gasteiger partial charge in [0.05, 0.1) is 36.9 Å². The first-order valence-electron chi connectivity index (χ1n) is 14.5. The number of aliphatic hydroxyl groups excluding tert-OH is 1. The van der Waals surface area contributed by atoms with Gasteiger partial charge in [-0.25, -0.2) is 18.7 Å². The van der Waals surface area contributed by atoms with Crippen LogP contribution in [0.1, 0.15) is 43.8 Å². The number of carbonyl (C=O) groups is 2. The molecule has 1 fully saturated rings. The van der Waals surface area contributed by atoms with Gasteiger partial charge in [-0.2, -0.15) is 21.6 Å². The molecule has 2 N–H and O–H groups in total. The number of fused-ring (bicyclic) bond motifs is 1. The Morgan fingerprint density at radius 2 is 1.85 bits per heavy atom. The number of amides is 1. The second kappa shape index (κ2) is 12.6. The number of imidazole rings is 1. The van der Waals surface area contributed by atoms with E-state index in [1.54, 1.807) is 52.0 Å². The van der Waals surface area contributed by atoms with E-state index in [9.17, 15) is 36.3 Å². The molecular formula is C30H33ClF3N5O7S. The lowest BCUT2D eigenvalue weighted by Gasteiger charge is -2.29. The highest BCUT2D eigenvalue weighted by Crippen LogP contribution is 2.37. The Balaban J connectivity index is 1.69. The van der Waals surface area contributed by atoms with E-state index in [2.05, 4.69) is 10.3 Å². The lowest BCUT2D eigenvalue weighted by Crippen LogP contribution is -2.43. The Labute approximate surface area is 273 Å². The van der Waals surface area contributed by atoms with Crippen molar-refractivity contribution in [2.24, 2.45) is 0 Å². The van der Waals surface area contributed by atoms with Crippen LogP contribution < -0.4 is 10.2 Å². The average Bonchev–Trinajstić information content (AvgIpc) is 3.52. The number of halogens is 4. The van der Waals surface area contributed by atoms with E-state index in [4.69, 9.17) is 21.1 Å². The molecule has 0 radical (unpaired) electrons. The van der Waals surface area contributed by atoms with Gasteiger partial charge in [-0.15, -0.1) is 0 Å². The molecule has 0 unspecified atom stereocenters. The molecular weight excluding hydrogens is 667 g/mol. The molecule has 254 valence electrons. The number of sulfonamides is 1. The average molecular weight is 700 g/mol. The number of aliphatic hydroxyl groups is 1. The minimum absolute atomic E-state index is 0.187. The topological polar surface area (TPSA) is 143 Å². The first kappa shape index (κ1) is 34.5. The maximum absolute atomic E-state index is 13.8. The maximum Gasteiger partial charge on any atom is 0.516 e. The molecule has 1 aromatic heterocycles. The summed E-state index contributed by atoms with van der Waals surface area (Å²) in [6.45, 7) is 7.15. The van der Waals surface area contributed by atoms with Crippen LogP contribution in [0.5, 0.6) is 0 Å². The van der Waals surface area contributed by atoms with Crippen molar-refractivity contribution in [2.75, 3.05) is 44.3 Å². The highest BCUT2D eigenvalue weighted by Gasteiger charge is 2.55. The number of nitrogens with one attached hydrogen (secondary N) is 1. The molecule has 17 heteroatoms. The van der Waals surface area contributed by atoms with Crippen LogP contribution in [-0.4, -0.2) is 89.9 Å². The van der Waals surface area contributed by atoms with Gasteiger partial charge in [-0.05, 0) is 63.1 Å². The van der Waals surface area contributed by atoms with Gasteiger partial charge < -0.3 is 24.8 Å². The highest BCUT2D eigenvalue weighted by molar-refractivity contribution is 7.90. The Morgan fingerprint density at radius 3 is 2.47 bits per heavy atom. The molecule has 3 aromatic rings. The van der Waals surface area contributed by atoms with E-state index in [0.29, 0.717) is 48.1 Å². The van der Waals surface area contributed by atoms with Crippen LogP contribution in [0.25, 0.3) is 16.6 Å². The number of morpholine rings is 1. The summed E-state index contributed by atoms with van der Waals surface area (Å²) in [5.74, 6) is -1.99. The zero-order chi connectivity index (χ0) is 34.5. The van der Waals surface area contributed by atoms with Crippen LogP contribution in [0.3, 0.4) is 0 Å². The van der Waals surface area contributed by atoms with Crippen LogP contribution in [0.2, 0.25) is 5.02 Å². The van der Waals surface area contributed by atoms with Gasteiger partial charge >= 0.3 is 21.6 Å². The number of nitrogens with zero attached hydrogens (tertiary/aromatic N) is 4. The van der Waals surface area contributed by atoms with Crippen molar-refractivity contribution in [1.82, 2.24) is 19.2 Å². The zero-order valence-corrected chi connectivity index (χ0v) is 27.5. The first-order chi connectivity index (χ1) is 21.9. The van der Waals surface area contributed by atoms with Gasteiger partial charge in [0.15, 0.2) is 5.82 Å². The summed E-state index contributed by atoms with van der Waals surface area (Å²) >= 11 is 6.03. The van der Waals surface area contributed by atoms with Gasteiger partial charge in [-0.1, -0.05) is 23.7 Å². The number of aryl methyl sites for hydroxylation is 1. The Hall–Kier alpha value is -3.86. The monoisotopic (exact) mass is 699 g/mol. The van der Waals surface area contributed by atoms with E-state index in [1.807, 2.05) is 11.0 Å². The van der Waals surface area contributed by atoms with Crippen molar-refractivity contribution < 1.29 is 45.8 Å². The summed E-state index contributed by atoms with van der Waals surface area (Å²) in [6.07, 6.45) is -2.27. The van der Waals surface area contributed by atoms with Crippen LogP contribution in [-0.2, 0) is 24.3 Å². The minimum atomic E-state index is -6.17. The first-order valence-corrected chi connectivity index (χ1v) is 16.3. The molecule has 2 aliphatic heterocycles. The number of hydrogen-bond donors (Lipinski definition) is 2. The predicted octanol–water partition coefficient (Wildman–Crippen LogP) is 4.34. The van der Waals surface area contributed by atoms with Crippen LogP contribution >= 0.6 is 11.6 Å². The SMILES string of the molecule is Cc1cc(N2CCOCC2)cc2c1nc(C1=C(NC[C@@H](O)c3cccc(Cl)c3)CN(S(=O)(=O)C(F)(F)F)C1=O)n2C(=O)OC(C)(C)C. The standard InChI is InChI=1S/C30H33ClF3N5O7S/c1-17-12-20(37-8-10-45-11-9-37)14-22-25(17)36-26(39(22)28(42)46-29(2,3)4)24-21(16-38(27(24)41)47(43,44)30(32,33)34)35-15-23(40)18-6-5-7-19(31)13-18/h5-7,12-14,23,35,40H,8-11,15-16H2,1-4H3/t23-/m1/s1. The van der Waals surface area contributed by atoms with Crippen LogP contribution in [0.15, 0.2) is 42.1 Å². The number of ether oxygens (including phenoxy) is 2. The molecule has 1 saturated heterocycles. The van der Waals surface area contributed by atoms with Crippen LogP contribution in [0, 0.1) is 6.92 Å². The van der Waals surface area contributed by atoms with E-state index in [1.165, 1.54) is 6.07 Å². The molecule has 0 spiro atoms. The highest BCUT2D eigenvalue weighted by atomic mass is 35.5. The largest absolute Gasteiger partial charge is 0.516 e. The van der Waals surface area contributed by atoms with Crippen molar-refractivity contribution in [1.29, 1.82) is 0 Å². The molecule has 1 amide bonds. The van der Waals surface area contributed by atoms with Crippen molar-refractivity contribution in [3.05, 3.63) is 64.1 Å². The normalized spacial score (nSPS) is 17.1. The van der Waals surface area contributed by atoms with Gasteiger partial charge in [0.25, 0.3) is 5.91 Å². The maximum atomic E-state index is 13.8. The molecule has 3 heterocycles. The third-order valence-corrected chi connectivity index (χ3v) is 9.18. The number of carbonyl (C=O) groups excluding carboxylic acids is 2. The third-order valence-electron chi connectivity index (χ3n) is 7.48. The van der Waals surface area contributed by atoms with E-state index >= 15 is 0 Å². The Kier molecular flexibility index (Phi) is 9.27. The zero-order valence-electron chi connectivity index (χ0n) is 25.9. The van der Waals surface area contributed by atoms with Gasteiger partial charge in [-0.3, -0.25) is 4.79 Å². The Bertz CT molecular complexity index is 1870. The fraction of sp³-hybridized carbons (Fsp3) is 0.433. The summed E-state index contributed by atoms with van der Waals surface area (Å²) in [6, 6.07) is 9.66. The smallest absolute Gasteiger partial charge is 0.443 e. The number of anilines is 1. The van der Waals surface area contributed by atoms with Crippen molar-refractivity contribution in [2.45, 2.75) is 44.9 Å². The predicted molar refractivity (Wildman–Crippen MR) is 167 cm³/mol. The summed E-state index contributed by atoms with van der Waals surface area (Å²) in [7, 11) is -6.17. The van der Waals surface area contributed by atoms with Crippen molar-refractivity contribution in [3.63, 3.8) is 0 Å². The molecule has 0 saturated carbocycles. The number of alkyl halides is 3. The lowest BCUT2D eigenvalue weighted by molar-refractivity contribution is -0.121. The molecule has 2 aromatic carbocycles. The second-order valence-corrected chi connectivity index (χ2v) is 14.3. The summed E-state index contributed by atoms with van der Waals surface area (Å²) in [5.41, 5.74) is -5.72. The van der Waals surface area contributed by atoms with Crippen LogP contribution in [0.4, 0.5) is 23.7 Å². The number of aromatic nitrogens is 2. The fourth-order valence-electron chi connectivity index (χ4n) is 5.29. The molecule has 5 rings (SSSR count). The molecule has 12 nitrogen and oxygen atoms in total. The molecule has 2 aliphatic rings. The van der Waals surface area contributed by atoms with Gasteiger partial charge in [0.1, 0.15) is 11.2 Å². The molecule has 0 aliphatic carbocycles. The third kappa shape index (κ3) is 6.91. The summed E-state index contributed by atoms with van der Waals surface area (Å²) in [5, 5.41) is 13.9.